The molecule has 120 valence electrons. The van der Waals surface area contributed by atoms with Gasteiger partial charge in [-0.3, -0.25) is 0 Å². The van der Waals surface area contributed by atoms with Gasteiger partial charge in [0.1, 0.15) is 0 Å². The fraction of sp³-hybridized carbons (Fsp3) is 0.364. The minimum atomic E-state index is -0.279. The van der Waals surface area contributed by atoms with Crippen LogP contribution in [0.1, 0.15) is 49.8 Å². The lowest BCUT2D eigenvalue weighted by atomic mass is 9.96. The molecule has 23 heavy (non-hydrogen) atoms. The zero-order chi connectivity index (χ0) is 16.4. The molecule has 1 aromatic carbocycles. The van der Waals surface area contributed by atoms with Gasteiger partial charge in [0.25, 0.3) is 0 Å². The van der Waals surface area contributed by atoms with Gasteiger partial charge in [-0.1, -0.05) is 78.7 Å². The Labute approximate surface area is 143 Å². The molecule has 2 aliphatic rings. The van der Waals surface area contributed by atoms with Gasteiger partial charge in [0.15, 0.2) is 0 Å². The third-order valence-electron chi connectivity index (χ3n) is 5.14. The first kappa shape index (κ1) is 16.3. The lowest BCUT2D eigenvalue weighted by Gasteiger charge is -2.27. The van der Waals surface area contributed by atoms with Crippen molar-refractivity contribution in [3.63, 3.8) is 0 Å². The SMILES string of the molecule is CCC1=C([SiH2]C2(C)C=CC=CC2)CC=C1c1cc(C)cc(C)c1. The maximum absolute atomic E-state index is 2.49. The largest absolute Gasteiger partial charge is 0.0840 e. The smallest absolute Gasteiger partial charge is 0.0612 e. The fourth-order valence-corrected chi connectivity index (χ4v) is 6.58. The Morgan fingerprint density at radius 2 is 1.83 bits per heavy atom. The van der Waals surface area contributed by atoms with E-state index >= 15 is 0 Å². The number of hydrogen-bond donors (Lipinski definition) is 0. The van der Waals surface area contributed by atoms with Gasteiger partial charge >= 0.3 is 0 Å². The summed E-state index contributed by atoms with van der Waals surface area (Å²) in [4.78, 5) is 0. The summed E-state index contributed by atoms with van der Waals surface area (Å²) in [7, 11) is -0.279. The van der Waals surface area contributed by atoms with Crippen molar-refractivity contribution in [1.82, 2.24) is 0 Å². The number of aryl methyl sites for hydroxylation is 2. The van der Waals surface area contributed by atoms with Gasteiger partial charge in [0, 0.05) is 0 Å². The van der Waals surface area contributed by atoms with E-state index in [0.29, 0.717) is 5.04 Å². The van der Waals surface area contributed by atoms with Crippen LogP contribution in [-0.4, -0.2) is 9.52 Å². The van der Waals surface area contributed by atoms with Gasteiger partial charge in [-0.05, 0) is 54.9 Å². The Hall–Kier alpha value is -1.60. The highest BCUT2D eigenvalue weighted by Gasteiger charge is 2.27. The van der Waals surface area contributed by atoms with Crippen LogP contribution in [0.25, 0.3) is 5.57 Å². The number of hydrogen-bond acceptors (Lipinski definition) is 0. The maximum Gasteiger partial charge on any atom is 0.0612 e. The van der Waals surface area contributed by atoms with Crippen LogP contribution in [0.5, 0.6) is 0 Å². The second-order valence-electron chi connectivity index (χ2n) is 7.46. The molecule has 2 aliphatic carbocycles. The van der Waals surface area contributed by atoms with Crippen molar-refractivity contribution in [1.29, 1.82) is 0 Å². The fourth-order valence-electron chi connectivity index (χ4n) is 4.09. The molecule has 1 aromatic rings. The van der Waals surface area contributed by atoms with Gasteiger partial charge < -0.3 is 0 Å². The van der Waals surface area contributed by atoms with Crippen molar-refractivity contribution in [2.24, 2.45) is 0 Å². The summed E-state index contributed by atoms with van der Waals surface area (Å²) in [6.07, 6.45) is 15.3. The van der Waals surface area contributed by atoms with E-state index in [-0.39, 0.29) is 9.52 Å². The monoisotopic (exact) mass is 320 g/mol. The van der Waals surface area contributed by atoms with Crippen LogP contribution < -0.4 is 0 Å². The summed E-state index contributed by atoms with van der Waals surface area (Å²) in [6, 6.07) is 6.97. The molecular weight excluding hydrogens is 292 g/mol. The van der Waals surface area contributed by atoms with E-state index in [2.05, 4.69) is 76.3 Å². The summed E-state index contributed by atoms with van der Waals surface area (Å²) in [5.41, 5.74) is 7.32. The summed E-state index contributed by atoms with van der Waals surface area (Å²) in [6.45, 7) is 9.19. The van der Waals surface area contributed by atoms with E-state index in [1.165, 1.54) is 35.1 Å². The molecule has 0 saturated carbocycles. The van der Waals surface area contributed by atoms with E-state index in [9.17, 15) is 0 Å². The van der Waals surface area contributed by atoms with Crippen LogP contribution in [0.4, 0.5) is 0 Å². The molecule has 1 atom stereocenters. The van der Waals surface area contributed by atoms with Gasteiger partial charge in [0.05, 0.1) is 9.52 Å². The van der Waals surface area contributed by atoms with Crippen molar-refractivity contribution in [3.8, 4) is 0 Å². The highest BCUT2D eigenvalue weighted by atomic mass is 28.2. The molecule has 1 unspecified atom stereocenters. The van der Waals surface area contributed by atoms with Gasteiger partial charge in [-0.2, -0.15) is 0 Å². The first-order valence-electron chi connectivity index (χ1n) is 8.85. The molecule has 0 nitrogen and oxygen atoms in total. The topological polar surface area (TPSA) is 0 Å². The normalized spacial score (nSPS) is 24.1. The third kappa shape index (κ3) is 3.50. The van der Waals surface area contributed by atoms with Crippen molar-refractivity contribution in [2.75, 3.05) is 0 Å². The average Bonchev–Trinajstić information content (AvgIpc) is 2.89. The summed E-state index contributed by atoms with van der Waals surface area (Å²) >= 11 is 0. The number of rotatable bonds is 4. The summed E-state index contributed by atoms with van der Waals surface area (Å²) < 4.78 is 0. The number of benzene rings is 1. The number of allylic oxidation sites excluding steroid dienone is 8. The molecule has 0 bridgehead atoms. The van der Waals surface area contributed by atoms with E-state index < -0.39 is 0 Å². The Kier molecular flexibility index (Phi) is 4.59. The molecule has 0 radical (unpaired) electrons. The molecule has 0 saturated heterocycles. The van der Waals surface area contributed by atoms with Gasteiger partial charge in [0.2, 0.25) is 0 Å². The molecule has 0 spiro atoms. The van der Waals surface area contributed by atoms with Gasteiger partial charge in [-0.25, -0.2) is 0 Å². The molecule has 3 rings (SSSR count). The lowest BCUT2D eigenvalue weighted by Crippen LogP contribution is -2.17. The van der Waals surface area contributed by atoms with E-state index in [1.807, 2.05) is 0 Å². The van der Waals surface area contributed by atoms with Crippen LogP contribution in [0.2, 0.25) is 5.04 Å². The summed E-state index contributed by atoms with van der Waals surface area (Å²) in [5.74, 6) is 0. The van der Waals surface area contributed by atoms with Crippen LogP contribution in [0, 0.1) is 13.8 Å². The predicted molar refractivity (Wildman–Crippen MR) is 106 cm³/mol. The molecule has 0 heterocycles. The first-order valence-corrected chi connectivity index (χ1v) is 10.3. The van der Waals surface area contributed by atoms with E-state index in [0.717, 1.165) is 6.42 Å². The Bertz CT molecular complexity index is 710. The predicted octanol–water partition coefficient (Wildman–Crippen LogP) is 5.62. The maximum atomic E-state index is 2.49. The van der Waals surface area contributed by atoms with Crippen LogP contribution in [0.3, 0.4) is 0 Å². The van der Waals surface area contributed by atoms with E-state index in [1.54, 1.807) is 10.8 Å². The van der Waals surface area contributed by atoms with Crippen LogP contribution in [-0.2, 0) is 0 Å². The minimum absolute atomic E-state index is 0.279. The first-order chi connectivity index (χ1) is 11.0. The van der Waals surface area contributed by atoms with E-state index in [4.69, 9.17) is 0 Å². The van der Waals surface area contributed by atoms with Crippen molar-refractivity contribution < 1.29 is 0 Å². The second kappa shape index (κ2) is 6.49. The van der Waals surface area contributed by atoms with Crippen LogP contribution >= 0.6 is 0 Å². The van der Waals surface area contributed by atoms with Gasteiger partial charge in [-0.15, -0.1) is 0 Å². The zero-order valence-corrected chi connectivity index (χ0v) is 16.4. The quantitative estimate of drug-likeness (QED) is 0.632. The van der Waals surface area contributed by atoms with Crippen molar-refractivity contribution >= 4 is 15.1 Å². The average molecular weight is 321 g/mol. The van der Waals surface area contributed by atoms with Crippen molar-refractivity contribution in [3.05, 3.63) is 76.0 Å². The standard InChI is InChI=1S/C22H28Si/c1-5-19-20(18-14-16(2)13-17(3)15-18)9-10-21(19)23-22(4)11-7-6-8-12-22/h6-9,11,13-15H,5,10,12,23H2,1-4H3. The van der Waals surface area contributed by atoms with Crippen molar-refractivity contribution in [2.45, 2.75) is 52.0 Å². The molecule has 1 heteroatoms. The zero-order valence-electron chi connectivity index (χ0n) is 14.9. The molecule has 0 amide bonds. The Balaban J connectivity index is 1.90. The second-order valence-corrected chi connectivity index (χ2v) is 10.3. The minimum Gasteiger partial charge on any atom is -0.0840 e. The highest BCUT2D eigenvalue weighted by molar-refractivity contribution is 6.51. The Morgan fingerprint density at radius 1 is 1.09 bits per heavy atom. The Morgan fingerprint density at radius 3 is 2.43 bits per heavy atom. The van der Waals surface area contributed by atoms with Crippen LogP contribution in [0.15, 0.2) is 59.3 Å². The molecular formula is C22H28Si. The lowest BCUT2D eigenvalue weighted by molar-refractivity contribution is 0.753. The summed E-state index contributed by atoms with van der Waals surface area (Å²) in [5, 5.41) is 2.21. The molecule has 0 N–H and O–H groups in total. The highest BCUT2D eigenvalue weighted by Crippen LogP contribution is 2.42. The third-order valence-corrected chi connectivity index (χ3v) is 7.61. The molecule has 0 aromatic heterocycles. The molecule has 0 aliphatic heterocycles. The molecule has 0 fully saturated rings.